The summed E-state index contributed by atoms with van der Waals surface area (Å²) in [5.41, 5.74) is 2.25. The lowest BCUT2D eigenvalue weighted by molar-refractivity contribution is -0.192. The maximum absolute atomic E-state index is 13.0. The number of nitrogens with one attached hydrogen (secondary N) is 1. The molecule has 3 N–H and O–H groups in total. The van der Waals surface area contributed by atoms with Crippen molar-refractivity contribution in [3.63, 3.8) is 0 Å². The third-order valence-corrected chi connectivity index (χ3v) is 6.15. The Labute approximate surface area is 169 Å². The maximum atomic E-state index is 13.0. The van der Waals surface area contributed by atoms with Crippen molar-refractivity contribution in [3.8, 4) is 0 Å². The summed E-state index contributed by atoms with van der Waals surface area (Å²) in [6.45, 7) is 1.01. The number of rotatable bonds is 2. The van der Waals surface area contributed by atoms with Crippen LogP contribution in [0.3, 0.4) is 0 Å². The first kappa shape index (κ1) is 21.8. The highest BCUT2D eigenvalue weighted by Gasteiger charge is 2.38. The van der Waals surface area contributed by atoms with Crippen LogP contribution in [0.2, 0.25) is 0 Å². The number of carbonyl (C=O) groups is 1. The Morgan fingerprint density at radius 1 is 1.10 bits per heavy atom. The Hall–Kier alpha value is -2.89. The van der Waals surface area contributed by atoms with Gasteiger partial charge in [-0.05, 0) is 23.8 Å². The van der Waals surface area contributed by atoms with E-state index in [0.717, 1.165) is 10.9 Å². The third kappa shape index (κ3) is 4.18. The lowest BCUT2D eigenvalue weighted by Gasteiger charge is -2.09. The molecule has 0 saturated heterocycles. The second kappa shape index (κ2) is 8.09. The van der Waals surface area contributed by atoms with Crippen LogP contribution in [0.1, 0.15) is 17.2 Å². The van der Waals surface area contributed by atoms with Crippen molar-refractivity contribution in [3.05, 3.63) is 65.9 Å². The predicted octanol–water partition coefficient (Wildman–Crippen LogP) is 2.65. The molecule has 4 rings (SSSR count). The molecule has 0 saturated carbocycles. The van der Waals surface area contributed by atoms with Crippen LogP contribution in [-0.2, 0) is 21.4 Å². The molecule has 160 valence electrons. The van der Waals surface area contributed by atoms with Crippen LogP contribution in [0.4, 0.5) is 13.2 Å². The fraction of sp³-hybridized carbons (Fsp3) is 0.211. The SMILES string of the molecule is O=C(O)C(F)(F)F.O=S(=O)(c1ccccc1)n1cc2c3c(cccc31)CNCC2O. The van der Waals surface area contributed by atoms with Crippen molar-refractivity contribution in [2.45, 2.75) is 23.7 Å². The summed E-state index contributed by atoms with van der Waals surface area (Å²) in [6, 6.07) is 13.9. The third-order valence-electron chi connectivity index (χ3n) is 4.47. The van der Waals surface area contributed by atoms with E-state index in [2.05, 4.69) is 5.32 Å². The molecule has 1 aliphatic heterocycles. The van der Waals surface area contributed by atoms with Gasteiger partial charge in [-0.2, -0.15) is 13.2 Å². The van der Waals surface area contributed by atoms with Gasteiger partial charge in [0, 0.05) is 30.2 Å². The van der Waals surface area contributed by atoms with E-state index in [1.54, 1.807) is 42.6 Å². The van der Waals surface area contributed by atoms with E-state index in [-0.39, 0.29) is 4.90 Å². The van der Waals surface area contributed by atoms with Crippen molar-refractivity contribution < 1.29 is 36.6 Å². The molecule has 7 nitrogen and oxygen atoms in total. The first-order chi connectivity index (χ1) is 14.0. The number of carboxylic acids is 1. The fourth-order valence-corrected chi connectivity index (χ4v) is 4.51. The van der Waals surface area contributed by atoms with Crippen molar-refractivity contribution in [1.82, 2.24) is 9.29 Å². The number of halogens is 3. The van der Waals surface area contributed by atoms with Crippen LogP contribution in [-0.4, -0.2) is 41.3 Å². The van der Waals surface area contributed by atoms with Gasteiger partial charge < -0.3 is 15.5 Å². The van der Waals surface area contributed by atoms with E-state index in [0.29, 0.717) is 24.2 Å². The number of β-amino-alcohol motifs (C(OH)–C–C–N with tert-alkyl or cyclic N) is 1. The fourth-order valence-electron chi connectivity index (χ4n) is 3.12. The van der Waals surface area contributed by atoms with Crippen LogP contribution in [0.15, 0.2) is 59.6 Å². The molecule has 3 aromatic rings. The molecule has 1 unspecified atom stereocenters. The van der Waals surface area contributed by atoms with Gasteiger partial charge in [0.1, 0.15) is 0 Å². The van der Waals surface area contributed by atoms with Gasteiger partial charge in [0.2, 0.25) is 0 Å². The van der Waals surface area contributed by atoms with Crippen molar-refractivity contribution in [2.75, 3.05) is 6.54 Å². The van der Waals surface area contributed by atoms with Crippen LogP contribution < -0.4 is 5.32 Å². The standard InChI is InChI=1S/C17H16N2O3S.C2HF3O2/c20-16-10-18-9-12-5-4-8-15-17(12)14(16)11-19(15)23(21,22)13-6-2-1-3-7-13;3-2(4,5)1(6)7/h1-8,11,16,18,20H,9-10H2;(H,6,7). The molecular formula is C19H17F3N2O5S. The average Bonchev–Trinajstić information content (AvgIpc) is 3.02. The van der Waals surface area contributed by atoms with E-state index in [1.807, 2.05) is 12.1 Å². The van der Waals surface area contributed by atoms with Gasteiger partial charge in [-0.1, -0.05) is 30.3 Å². The summed E-state index contributed by atoms with van der Waals surface area (Å²) in [6.07, 6.45) is -4.26. The number of benzene rings is 2. The zero-order chi connectivity index (χ0) is 22.1. The van der Waals surface area contributed by atoms with Crippen LogP contribution >= 0.6 is 0 Å². The molecular weight excluding hydrogens is 425 g/mol. The highest BCUT2D eigenvalue weighted by molar-refractivity contribution is 7.90. The highest BCUT2D eigenvalue weighted by atomic mass is 32.2. The van der Waals surface area contributed by atoms with E-state index in [1.165, 1.54) is 3.97 Å². The average molecular weight is 442 g/mol. The molecule has 1 aromatic heterocycles. The van der Waals surface area contributed by atoms with E-state index >= 15 is 0 Å². The van der Waals surface area contributed by atoms with Gasteiger partial charge in [-0.15, -0.1) is 0 Å². The van der Waals surface area contributed by atoms with Crippen LogP contribution in [0, 0.1) is 0 Å². The second-order valence-corrected chi connectivity index (χ2v) is 8.27. The molecule has 0 bridgehead atoms. The van der Waals surface area contributed by atoms with Crippen LogP contribution in [0.25, 0.3) is 10.9 Å². The van der Waals surface area contributed by atoms with Gasteiger partial charge in [0.05, 0.1) is 16.5 Å². The minimum atomic E-state index is -5.08. The summed E-state index contributed by atoms with van der Waals surface area (Å²) in [4.78, 5) is 9.13. The molecule has 1 aliphatic rings. The molecule has 2 heterocycles. The number of nitrogens with zero attached hydrogens (tertiary/aromatic N) is 1. The number of aliphatic hydroxyl groups is 1. The Morgan fingerprint density at radius 3 is 2.33 bits per heavy atom. The quantitative estimate of drug-likeness (QED) is 0.563. The number of hydrogen-bond donors (Lipinski definition) is 3. The zero-order valence-electron chi connectivity index (χ0n) is 15.3. The summed E-state index contributed by atoms with van der Waals surface area (Å²) in [5, 5.41) is 21.5. The molecule has 0 radical (unpaired) electrons. The smallest absolute Gasteiger partial charge is 0.475 e. The summed E-state index contributed by atoms with van der Waals surface area (Å²) < 4.78 is 59.0. The highest BCUT2D eigenvalue weighted by Crippen LogP contribution is 2.33. The molecule has 1 atom stereocenters. The first-order valence-corrected chi connectivity index (χ1v) is 10.1. The predicted molar refractivity (Wildman–Crippen MR) is 101 cm³/mol. The molecule has 30 heavy (non-hydrogen) atoms. The maximum Gasteiger partial charge on any atom is 0.490 e. The van der Waals surface area contributed by atoms with Gasteiger partial charge in [0.15, 0.2) is 0 Å². The van der Waals surface area contributed by atoms with E-state index < -0.39 is 28.3 Å². The molecule has 0 aliphatic carbocycles. The number of hydrogen-bond acceptors (Lipinski definition) is 5. The van der Waals surface area contributed by atoms with Crippen molar-refractivity contribution in [2.24, 2.45) is 0 Å². The summed E-state index contributed by atoms with van der Waals surface area (Å²) in [5.74, 6) is -2.76. The minimum absolute atomic E-state index is 0.235. The monoisotopic (exact) mass is 442 g/mol. The Bertz CT molecular complexity index is 1170. The topological polar surface area (TPSA) is 109 Å². The Balaban J connectivity index is 0.000000318. The Morgan fingerprint density at radius 2 is 1.73 bits per heavy atom. The van der Waals surface area contributed by atoms with E-state index in [4.69, 9.17) is 9.90 Å². The number of carboxylic acid groups (broad SMARTS) is 1. The van der Waals surface area contributed by atoms with Crippen LogP contribution in [0.5, 0.6) is 0 Å². The normalized spacial score (nSPS) is 16.5. The molecule has 0 amide bonds. The molecule has 0 fully saturated rings. The number of aliphatic hydroxyl groups excluding tert-OH is 1. The first-order valence-electron chi connectivity index (χ1n) is 8.66. The second-order valence-electron chi connectivity index (χ2n) is 6.46. The summed E-state index contributed by atoms with van der Waals surface area (Å²) >= 11 is 0. The van der Waals surface area contributed by atoms with E-state index in [9.17, 15) is 26.7 Å². The van der Waals surface area contributed by atoms with Gasteiger partial charge >= 0.3 is 12.1 Å². The van der Waals surface area contributed by atoms with Crippen molar-refractivity contribution >= 4 is 26.9 Å². The zero-order valence-corrected chi connectivity index (χ0v) is 16.1. The van der Waals surface area contributed by atoms with Gasteiger partial charge in [0.25, 0.3) is 10.0 Å². The molecule has 2 aromatic carbocycles. The number of alkyl halides is 3. The molecule has 11 heteroatoms. The van der Waals surface area contributed by atoms with Gasteiger partial charge in [-0.3, -0.25) is 0 Å². The minimum Gasteiger partial charge on any atom is -0.475 e. The Kier molecular flexibility index (Phi) is 5.88. The lowest BCUT2D eigenvalue weighted by atomic mass is 10.0. The summed E-state index contributed by atoms with van der Waals surface area (Å²) in [7, 11) is -3.69. The number of aromatic nitrogens is 1. The largest absolute Gasteiger partial charge is 0.490 e. The molecule has 0 spiro atoms. The number of aliphatic carboxylic acids is 1. The lowest BCUT2D eigenvalue weighted by Crippen LogP contribution is -2.21. The van der Waals surface area contributed by atoms with Crippen molar-refractivity contribution in [1.29, 1.82) is 0 Å². The van der Waals surface area contributed by atoms with Gasteiger partial charge in [-0.25, -0.2) is 17.2 Å².